The van der Waals surface area contributed by atoms with E-state index in [1.165, 1.54) is 6.07 Å². The molecule has 8 nitrogen and oxygen atoms in total. The van der Waals surface area contributed by atoms with Crippen LogP contribution in [0.25, 0.3) is 0 Å². The van der Waals surface area contributed by atoms with E-state index in [2.05, 4.69) is 5.32 Å². The lowest BCUT2D eigenvalue weighted by atomic mass is 10.2. The molecule has 1 aliphatic rings. The summed E-state index contributed by atoms with van der Waals surface area (Å²) >= 11 is 0. The van der Waals surface area contributed by atoms with Gasteiger partial charge in [-0.05, 0) is 52.8 Å². The van der Waals surface area contributed by atoms with Gasteiger partial charge in [0.15, 0.2) is 6.61 Å². The van der Waals surface area contributed by atoms with Gasteiger partial charge < -0.3 is 19.1 Å². The van der Waals surface area contributed by atoms with Crippen LogP contribution in [0.2, 0.25) is 0 Å². The average Bonchev–Trinajstić information content (AvgIpc) is 2.57. The number of nitrogens with zero attached hydrogens (tertiary/aromatic N) is 1. The number of carbonyl (C=O) groups is 3. The Balaban J connectivity index is 1.90. The van der Waals surface area contributed by atoms with E-state index in [1.54, 1.807) is 43.9 Å². The van der Waals surface area contributed by atoms with Gasteiger partial charge in [-0.25, -0.2) is 9.59 Å². The first-order valence-electron chi connectivity index (χ1n) is 9.24. The second-order valence-electron chi connectivity index (χ2n) is 7.84. The van der Waals surface area contributed by atoms with Crippen LogP contribution >= 0.6 is 0 Å². The molecular formula is C20H28N2O6. The minimum Gasteiger partial charge on any atom is -0.452 e. The summed E-state index contributed by atoms with van der Waals surface area (Å²) in [4.78, 5) is 38.0. The van der Waals surface area contributed by atoms with Crippen molar-refractivity contribution in [3.63, 3.8) is 0 Å². The molecule has 0 aliphatic carbocycles. The third-order valence-corrected chi connectivity index (χ3v) is 3.84. The molecule has 0 radical (unpaired) electrons. The van der Waals surface area contributed by atoms with Crippen molar-refractivity contribution in [3.8, 4) is 0 Å². The number of esters is 1. The fraction of sp³-hybridized carbons (Fsp3) is 0.550. The highest BCUT2D eigenvalue weighted by molar-refractivity contribution is 5.93. The molecule has 0 bridgehead atoms. The summed E-state index contributed by atoms with van der Waals surface area (Å²) in [7, 11) is 0. The zero-order valence-corrected chi connectivity index (χ0v) is 17.0. The van der Waals surface area contributed by atoms with Crippen molar-refractivity contribution in [2.75, 3.05) is 25.0 Å². The summed E-state index contributed by atoms with van der Waals surface area (Å²) in [6.45, 7) is 9.65. The topological polar surface area (TPSA) is 94.2 Å². The molecule has 2 rings (SSSR count). The van der Waals surface area contributed by atoms with Crippen LogP contribution in [0.4, 0.5) is 10.5 Å². The Labute approximate surface area is 165 Å². The van der Waals surface area contributed by atoms with Crippen LogP contribution in [0, 0.1) is 0 Å². The largest absolute Gasteiger partial charge is 0.452 e. The molecule has 1 saturated heterocycles. The van der Waals surface area contributed by atoms with E-state index in [-0.39, 0.29) is 30.3 Å². The fourth-order valence-corrected chi connectivity index (χ4v) is 2.83. The third kappa shape index (κ3) is 6.84. The van der Waals surface area contributed by atoms with Gasteiger partial charge in [0.05, 0.1) is 17.8 Å². The van der Waals surface area contributed by atoms with Crippen LogP contribution in [-0.2, 0) is 19.0 Å². The van der Waals surface area contributed by atoms with Crippen molar-refractivity contribution >= 4 is 23.7 Å². The SMILES string of the molecule is C[C@@H]1CN(C(=O)COC(=O)c2cccc(NC(=O)OC(C)(C)C)c2)C[C@H](C)O1. The highest BCUT2D eigenvalue weighted by Crippen LogP contribution is 2.15. The third-order valence-electron chi connectivity index (χ3n) is 3.84. The second kappa shape index (κ2) is 9.05. The number of hydrogen-bond donors (Lipinski definition) is 1. The van der Waals surface area contributed by atoms with E-state index >= 15 is 0 Å². The van der Waals surface area contributed by atoms with Crippen LogP contribution in [-0.4, -0.2) is 60.4 Å². The molecule has 1 aromatic rings. The maximum absolute atomic E-state index is 12.3. The van der Waals surface area contributed by atoms with Crippen molar-refractivity contribution in [2.24, 2.45) is 0 Å². The molecule has 0 spiro atoms. The monoisotopic (exact) mass is 392 g/mol. The van der Waals surface area contributed by atoms with Gasteiger partial charge >= 0.3 is 12.1 Å². The van der Waals surface area contributed by atoms with Crippen LogP contribution in [0.15, 0.2) is 24.3 Å². The molecule has 1 fully saturated rings. The summed E-state index contributed by atoms with van der Waals surface area (Å²) in [6, 6.07) is 6.25. The Bertz CT molecular complexity index is 718. The van der Waals surface area contributed by atoms with Gasteiger partial charge in [-0.3, -0.25) is 10.1 Å². The normalized spacial score (nSPS) is 19.7. The van der Waals surface area contributed by atoms with E-state index in [1.807, 2.05) is 13.8 Å². The van der Waals surface area contributed by atoms with Gasteiger partial charge in [0.2, 0.25) is 0 Å². The van der Waals surface area contributed by atoms with Crippen molar-refractivity contribution in [2.45, 2.75) is 52.4 Å². The minimum absolute atomic E-state index is 0.0565. The molecule has 0 saturated carbocycles. The number of carbonyl (C=O) groups excluding carboxylic acids is 3. The number of ether oxygens (including phenoxy) is 3. The lowest BCUT2D eigenvalue weighted by Gasteiger charge is -2.35. The van der Waals surface area contributed by atoms with Crippen LogP contribution in [0.1, 0.15) is 45.0 Å². The highest BCUT2D eigenvalue weighted by atomic mass is 16.6. The van der Waals surface area contributed by atoms with Gasteiger partial charge in [-0.15, -0.1) is 0 Å². The summed E-state index contributed by atoms with van der Waals surface area (Å²) < 4.78 is 15.9. The molecule has 0 unspecified atom stereocenters. The second-order valence-corrected chi connectivity index (χ2v) is 7.84. The number of benzene rings is 1. The Hall–Kier alpha value is -2.61. The highest BCUT2D eigenvalue weighted by Gasteiger charge is 2.26. The number of hydrogen-bond acceptors (Lipinski definition) is 6. The standard InChI is InChI=1S/C20H28N2O6/c1-13-10-22(11-14(2)27-13)17(23)12-26-18(24)15-7-6-8-16(9-15)21-19(25)28-20(3,4)5/h6-9,13-14H,10-12H2,1-5H3,(H,21,25)/t13-,14+. The molecule has 154 valence electrons. The van der Waals surface area contributed by atoms with Crippen molar-refractivity contribution < 1.29 is 28.6 Å². The molecule has 2 amide bonds. The maximum atomic E-state index is 12.3. The fourth-order valence-electron chi connectivity index (χ4n) is 2.83. The molecule has 2 atom stereocenters. The van der Waals surface area contributed by atoms with E-state index in [0.717, 1.165) is 0 Å². The van der Waals surface area contributed by atoms with E-state index < -0.39 is 17.7 Å². The molecule has 1 N–H and O–H groups in total. The number of rotatable bonds is 4. The van der Waals surface area contributed by atoms with Crippen molar-refractivity contribution in [1.82, 2.24) is 4.90 Å². The van der Waals surface area contributed by atoms with Gasteiger partial charge in [-0.1, -0.05) is 6.07 Å². The predicted molar refractivity (Wildman–Crippen MR) is 103 cm³/mol. The van der Waals surface area contributed by atoms with Crippen LogP contribution in [0.3, 0.4) is 0 Å². The van der Waals surface area contributed by atoms with Crippen LogP contribution < -0.4 is 5.32 Å². The van der Waals surface area contributed by atoms with Gasteiger partial charge in [0, 0.05) is 18.8 Å². The van der Waals surface area contributed by atoms with Crippen molar-refractivity contribution in [3.05, 3.63) is 29.8 Å². The first kappa shape index (κ1) is 21.7. The zero-order chi connectivity index (χ0) is 20.9. The summed E-state index contributed by atoms with van der Waals surface area (Å²) in [5, 5.41) is 2.56. The Kier molecular flexibility index (Phi) is 7.01. The molecular weight excluding hydrogens is 364 g/mol. The molecule has 1 aromatic carbocycles. The molecule has 28 heavy (non-hydrogen) atoms. The molecule has 1 heterocycles. The van der Waals surface area contributed by atoms with Crippen molar-refractivity contribution in [1.29, 1.82) is 0 Å². The quantitative estimate of drug-likeness (QED) is 0.792. The Morgan fingerprint density at radius 3 is 2.43 bits per heavy atom. The molecule has 0 aromatic heterocycles. The summed E-state index contributed by atoms with van der Waals surface area (Å²) in [5.41, 5.74) is -0.00826. The summed E-state index contributed by atoms with van der Waals surface area (Å²) in [5.74, 6) is -0.908. The smallest absolute Gasteiger partial charge is 0.412 e. The Morgan fingerprint density at radius 2 is 1.82 bits per heavy atom. The lowest BCUT2D eigenvalue weighted by Crippen LogP contribution is -2.49. The van der Waals surface area contributed by atoms with E-state index in [0.29, 0.717) is 18.8 Å². The zero-order valence-electron chi connectivity index (χ0n) is 17.0. The predicted octanol–water partition coefficient (Wildman–Crippen LogP) is 2.83. The minimum atomic E-state index is -0.643. The number of morpholine rings is 1. The number of amides is 2. The van der Waals surface area contributed by atoms with E-state index in [9.17, 15) is 14.4 Å². The first-order chi connectivity index (χ1) is 13.0. The summed E-state index contributed by atoms with van der Waals surface area (Å²) in [6.07, 6.45) is -0.734. The maximum Gasteiger partial charge on any atom is 0.412 e. The first-order valence-corrected chi connectivity index (χ1v) is 9.24. The number of nitrogens with one attached hydrogen (secondary N) is 1. The molecule has 8 heteroatoms. The lowest BCUT2D eigenvalue weighted by molar-refractivity contribution is -0.146. The van der Waals surface area contributed by atoms with Gasteiger partial charge in [-0.2, -0.15) is 0 Å². The van der Waals surface area contributed by atoms with Gasteiger partial charge in [0.1, 0.15) is 5.60 Å². The number of anilines is 1. The van der Waals surface area contributed by atoms with E-state index in [4.69, 9.17) is 14.2 Å². The van der Waals surface area contributed by atoms with Gasteiger partial charge in [0.25, 0.3) is 5.91 Å². The Morgan fingerprint density at radius 1 is 1.18 bits per heavy atom. The van der Waals surface area contributed by atoms with Crippen LogP contribution in [0.5, 0.6) is 0 Å². The average molecular weight is 392 g/mol. The molecule has 1 aliphatic heterocycles.